The van der Waals surface area contributed by atoms with E-state index in [2.05, 4.69) is 9.97 Å². The van der Waals surface area contributed by atoms with E-state index in [0.717, 1.165) is 47.3 Å². The second-order valence-electron chi connectivity index (χ2n) is 7.34. The van der Waals surface area contributed by atoms with Crippen molar-refractivity contribution in [3.63, 3.8) is 0 Å². The lowest BCUT2D eigenvalue weighted by atomic mass is 9.99. The number of rotatable bonds is 7. The summed E-state index contributed by atoms with van der Waals surface area (Å²) in [5.41, 5.74) is 4.82. The molecule has 0 saturated heterocycles. The second-order valence-corrected chi connectivity index (χ2v) is 8.18. The molecule has 0 radical (unpaired) electrons. The zero-order valence-corrected chi connectivity index (χ0v) is 19.1. The predicted octanol–water partition coefficient (Wildman–Crippen LogP) is 6.63. The van der Waals surface area contributed by atoms with Crippen molar-refractivity contribution in [1.29, 1.82) is 0 Å². The quantitative estimate of drug-likeness (QED) is 0.364. The van der Waals surface area contributed by atoms with Crippen molar-refractivity contribution in [2.24, 2.45) is 0 Å². The molecular formula is C25H22Cl2N2O3. The van der Waals surface area contributed by atoms with Crippen molar-refractivity contribution < 1.29 is 14.3 Å². The van der Waals surface area contributed by atoms with Crippen molar-refractivity contribution in [1.82, 2.24) is 9.97 Å². The third-order valence-corrected chi connectivity index (χ3v) is 5.86. The SMILES string of the molecule is CCOC(=O)c1cncc(C2=C(c3cc(Cl)ccc3OCc3ccccc3Cl)CCC2)n1. The Morgan fingerprint density at radius 3 is 2.69 bits per heavy atom. The van der Waals surface area contributed by atoms with Crippen LogP contribution < -0.4 is 4.74 Å². The molecule has 0 bridgehead atoms. The van der Waals surface area contributed by atoms with Gasteiger partial charge in [-0.1, -0.05) is 41.4 Å². The summed E-state index contributed by atoms with van der Waals surface area (Å²) in [6.07, 6.45) is 5.75. The molecule has 164 valence electrons. The maximum absolute atomic E-state index is 12.1. The molecule has 0 spiro atoms. The van der Waals surface area contributed by atoms with Gasteiger partial charge in [0.05, 0.1) is 24.7 Å². The Morgan fingerprint density at radius 1 is 1.06 bits per heavy atom. The molecule has 32 heavy (non-hydrogen) atoms. The Morgan fingerprint density at radius 2 is 1.88 bits per heavy atom. The molecule has 0 N–H and O–H groups in total. The normalized spacial score (nSPS) is 13.3. The summed E-state index contributed by atoms with van der Waals surface area (Å²) < 4.78 is 11.2. The maximum atomic E-state index is 12.1. The summed E-state index contributed by atoms with van der Waals surface area (Å²) in [5, 5.41) is 1.28. The molecule has 0 saturated carbocycles. The number of ether oxygens (including phenoxy) is 2. The lowest BCUT2D eigenvalue weighted by Gasteiger charge is -2.15. The summed E-state index contributed by atoms with van der Waals surface area (Å²) in [4.78, 5) is 20.9. The second kappa shape index (κ2) is 10.2. The molecule has 0 aliphatic heterocycles. The molecule has 3 aromatic rings. The molecule has 0 amide bonds. The average molecular weight is 469 g/mol. The number of halogens is 2. The number of esters is 1. The van der Waals surface area contributed by atoms with Crippen LogP contribution in [0.2, 0.25) is 10.0 Å². The zero-order valence-electron chi connectivity index (χ0n) is 17.6. The van der Waals surface area contributed by atoms with Gasteiger partial charge in [-0.05, 0) is 61.6 Å². The van der Waals surface area contributed by atoms with Crippen LogP contribution in [0, 0.1) is 0 Å². The van der Waals surface area contributed by atoms with Crippen molar-refractivity contribution in [3.05, 3.63) is 87.4 Å². The average Bonchev–Trinajstić information content (AvgIpc) is 3.29. The minimum atomic E-state index is -0.478. The van der Waals surface area contributed by atoms with Crippen molar-refractivity contribution in [3.8, 4) is 5.75 Å². The molecule has 0 atom stereocenters. The van der Waals surface area contributed by atoms with Crippen LogP contribution in [0.5, 0.6) is 5.75 Å². The lowest BCUT2D eigenvalue weighted by molar-refractivity contribution is 0.0519. The molecule has 7 heteroatoms. The molecule has 4 rings (SSSR count). The van der Waals surface area contributed by atoms with Gasteiger partial charge in [0.2, 0.25) is 0 Å². The Labute approximate surface area is 197 Å². The molecule has 1 heterocycles. The Bertz CT molecular complexity index is 1180. The molecule has 0 unspecified atom stereocenters. The highest BCUT2D eigenvalue weighted by atomic mass is 35.5. The van der Waals surface area contributed by atoms with Crippen LogP contribution in [0.25, 0.3) is 11.1 Å². The van der Waals surface area contributed by atoms with Crippen LogP contribution in [0.1, 0.15) is 53.5 Å². The van der Waals surface area contributed by atoms with Crippen LogP contribution in [0.15, 0.2) is 54.9 Å². The molecule has 1 aromatic heterocycles. The fourth-order valence-corrected chi connectivity index (χ4v) is 4.14. The Balaban J connectivity index is 1.70. The van der Waals surface area contributed by atoms with Gasteiger partial charge in [-0.2, -0.15) is 0 Å². The highest BCUT2D eigenvalue weighted by molar-refractivity contribution is 6.31. The molecule has 5 nitrogen and oxygen atoms in total. The highest BCUT2D eigenvalue weighted by Crippen LogP contribution is 2.43. The van der Waals surface area contributed by atoms with Crippen LogP contribution in [0.4, 0.5) is 0 Å². The minimum Gasteiger partial charge on any atom is -0.488 e. The monoisotopic (exact) mass is 468 g/mol. The van der Waals surface area contributed by atoms with Gasteiger partial charge < -0.3 is 9.47 Å². The van der Waals surface area contributed by atoms with Gasteiger partial charge in [0, 0.05) is 21.2 Å². The van der Waals surface area contributed by atoms with Crippen LogP contribution >= 0.6 is 23.2 Å². The topological polar surface area (TPSA) is 61.3 Å². The summed E-state index contributed by atoms with van der Waals surface area (Å²) in [6, 6.07) is 13.2. The minimum absolute atomic E-state index is 0.199. The summed E-state index contributed by atoms with van der Waals surface area (Å²) >= 11 is 12.6. The first-order valence-corrected chi connectivity index (χ1v) is 11.2. The number of aromatic nitrogens is 2. The smallest absolute Gasteiger partial charge is 0.358 e. The number of hydrogen-bond acceptors (Lipinski definition) is 5. The lowest BCUT2D eigenvalue weighted by Crippen LogP contribution is -2.09. The number of carbonyl (C=O) groups is 1. The number of nitrogens with zero attached hydrogens (tertiary/aromatic N) is 2. The van der Waals surface area contributed by atoms with Crippen molar-refractivity contribution in [2.45, 2.75) is 32.8 Å². The third kappa shape index (κ3) is 4.95. The van der Waals surface area contributed by atoms with E-state index in [-0.39, 0.29) is 12.3 Å². The van der Waals surface area contributed by atoms with Gasteiger partial charge in [0.15, 0.2) is 5.69 Å². The summed E-state index contributed by atoms with van der Waals surface area (Å²) in [5.74, 6) is 0.242. The van der Waals surface area contributed by atoms with Crippen molar-refractivity contribution in [2.75, 3.05) is 6.61 Å². The van der Waals surface area contributed by atoms with Crippen molar-refractivity contribution >= 4 is 40.3 Å². The van der Waals surface area contributed by atoms with Gasteiger partial charge in [-0.3, -0.25) is 4.98 Å². The molecule has 1 aliphatic carbocycles. The Kier molecular flexibility index (Phi) is 7.08. The van der Waals surface area contributed by atoms with E-state index in [4.69, 9.17) is 32.7 Å². The molecular weight excluding hydrogens is 447 g/mol. The number of benzene rings is 2. The van der Waals surface area contributed by atoms with E-state index in [1.165, 1.54) is 6.20 Å². The molecule has 1 aliphatic rings. The zero-order chi connectivity index (χ0) is 22.5. The predicted molar refractivity (Wildman–Crippen MR) is 126 cm³/mol. The highest BCUT2D eigenvalue weighted by Gasteiger charge is 2.23. The summed E-state index contributed by atoms with van der Waals surface area (Å²) in [6.45, 7) is 2.39. The van der Waals surface area contributed by atoms with E-state index >= 15 is 0 Å². The molecule has 0 fully saturated rings. The third-order valence-electron chi connectivity index (χ3n) is 5.25. The Hall–Kier alpha value is -2.89. The van der Waals surface area contributed by atoms with Gasteiger partial charge in [0.1, 0.15) is 12.4 Å². The van der Waals surface area contributed by atoms with E-state index in [1.54, 1.807) is 13.1 Å². The van der Waals surface area contributed by atoms with Crippen LogP contribution in [-0.2, 0) is 11.3 Å². The van der Waals surface area contributed by atoms with Gasteiger partial charge in [0.25, 0.3) is 0 Å². The largest absolute Gasteiger partial charge is 0.488 e. The molecule has 2 aromatic carbocycles. The van der Waals surface area contributed by atoms with Crippen LogP contribution in [-0.4, -0.2) is 22.5 Å². The van der Waals surface area contributed by atoms with Crippen LogP contribution in [0.3, 0.4) is 0 Å². The van der Waals surface area contributed by atoms with Gasteiger partial charge >= 0.3 is 5.97 Å². The van der Waals surface area contributed by atoms with E-state index in [1.807, 2.05) is 42.5 Å². The van der Waals surface area contributed by atoms with E-state index < -0.39 is 5.97 Å². The van der Waals surface area contributed by atoms with E-state index in [9.17, 15) is 4.79 Å². The fourth-order valence-electron chi connectivity index (χ4n) is 3.77. The number of carbonyl (C=O) groups excluding carboxylic acids is 1. The fraction of sp³-hybridized carbons (Fsp3) is 0.240. The van der Waals surface area contributed by atoms with Gasteiger partial charge in [-0.15, -0.1) is 0 Å². The first-order valence-electron chi connectivity index (χ1n) is 10.4. The van der Waals surface area contributed by atoms with E-state index in [0.29, 0.717) is 22.3 Å². The maximum Gasteiger partial charge on any atom is 0.358 e. The summed E-state index contributed by atoms with van der Waals surface area (Å²) in [7, 11) is 0. The first-order chi connectivity index (χ1) is 15.6. The number of allylic oxidation sites excluding steroid dienone is 2. The van der Waals surface area contributed by atoms with Gasteiger partial charge in [-0.25, -0.2) is 9.78 Å². The standard InChI is InChI=1S/C25H22Cl2N2O3/c1-2-31-25(30)23-14-28-13-22(29-23)19-8-5-7-18(19)20-12-17(26)10-11-24(20)32-15-16-6-3-4-9-21(16)27/h3-4,6,9-14H,2,5,7-8,15H2,1H3. The first kappa shape index (κ1) is 22.3. The number of hydrogen-bond donors (Lipinski definition) is 0.